The van der Waals surface area contributed by atoms with E-state index in [2.05, 4.69) is 0 Å². The molecule has 0 radical (unpaired) electrons. The number of ketones is 2. The number of aliphatic hydroxyl groups is 3. The van der Waals surface area contributed by atoms with Crippen LogP contribution < -0.4 is 0 Å². The minimum Gasteiger partial charge on any atom is -0.508 e. The van der Waals surface area contributed by atoms with E-state index in [-0.39, 0.29) is 24.0 Å². The van der Waals surface area contributed by atoms with Gasteiger partial charge in [0.1, 0.15) is 17.1 Å². The third kappa shape index (κ3) is 4.28. The summed E-state index contributed by atoms with van der Waals surface area (Å²) in [7, 11) is 0. The molecule has 1 aliphatic rings. The number of allylic oxidation sites excluding steroid dienone is 4. The Hall–Kier alpha value is -2.14. The number of rotatable bonds is 6. The third-order valence-corrected chi connectivity index (χ3v) is 4.09. The van der Waals surface area contributed by atoms with Crippen molar-refractivity contribution in [2.24, 2.45) is 5.92 Å². The summed E-state index contributed by atoms with van der Waals surface area (Å²) in [6, 6.07) is 0. The Labute approximate surface area is 149 Å². The van der Waals surface area contributed by atoms with Crippen molar-refractivity contribution in [3.63, 3.8) is 0 Å². The quantitative estimate of drug-likeness (QED) is 0.634. The molecule has 1 aliphatic carbocycles. The molecule has 0 saturated heterocycles. The lowest BCUT2D eigenvalue weighted by atomic mass is 9.76. The molecule has 0 unspecified atom stereocenters. The van der Waals surface area contributed by atoms with Gasteiger partial charge in [0.2, 0.25) is 5.78 Å². The Morgan fingerprint density at radius 3 is 2.04 bits per heavy atom. The van der Waals surface area contributed by atoms with Crippen molar-refractivity contribution < 1.29 is 24.9 Å². The average molecular weight is 348 g/mol. The standard InChI is InChI=1S/C20H28O5/c1-11(2)7-8-14-17(22)15(16(21)13(5)6)19(24)20(25,18(14)23)10-9-12(3)4/h7,9,13,22,24-25H,8,10H2,1-6H3/t20-/m0/s1. The van der Waals surface area contributed by atoms with Gasteiger partial charge in [-0.25, -0.2) is 0 Å². The summed E-state index contributed by atoms with van der Waals surface area (Å²) in [6.07, 6.45) is 3.25. The van der Waals surface area contributed by atoms with E-state index in [4.69, 9.17) is 0 Å². The topological polar surface area (TPSA) is 94.8 Å². The first-order valence-electron chi connectivity index (χ1n) is 8.37. The maximum Gasteiger partial charge on any atom is 0.202 e. The van der Waals surface area contributed by atoms with E-state index in [0.717, 1.165) is 11.1 Å². The lowest BCUT2D eigenvalue weighted by Gasteiger charge is -2.32. The summed E-state index contributed by atoms with van der Waals surface area (Å²) >= 11 is 0. The number of carbonyl (C=O) groups is 2. The van der Waals surface area contributed by atoms with Crippen LogP contribution in [-0.2, 0) is 9.59 Å². The SMILES string of the molecule is CC(C)=CCC1=C(O)C(C(=O)C(C)C)=C(O)[C@](O)(CC=C(C)C)C1=O. The van der Waals surface area contributed by atoms with Crippen LogP contribution in [0.25, 0.3) is 0 Å². The predicted molar refractivity (Wildman–Crippen MR) is 97.2 cm³/mol. The molecule has 5 heteroatoms. The van der Waals surface area contributed by atoms with E-state index in [0.29, 0.717) is 0 Å². The van der Waals surface area contributed by atoms with Crippen LogP contribution in [0, 0.1) is 5.92 Å². The Morgan fingerprint density at radius 2 is 1.60 bits per heavy atom. The summed E-state index contributed by atoms with van der Waals surface area (Å²) in [4.78, 5) is 25.3. The van der Waals surface area contributed by atoms with Gasteiger partial charge in [0.25, 0.3) is 0 Å². The molecule has 0 aromatic rings. The Kier molecular flexibility index (Phi) is 6.54. The van der Waals surface area contributed by atoms with Gasteiger partial charge >= 0.3 is 0 Å². The largest absolute Gasteiger partial charge is 0.508 e. The highest BCUT2D eigenvalue weighted by atomic mass is 16.3. The molecule has 0 aromatic heterocycles. The zero-order chi connectivity index (χ0) is 19.5. The van der Waals surface area contributed by atoms with Gasteiger partial charge in [0.15, 0.2) is 11.4 Å². The fourth-order valence-corrected chi connectivity index (χ4v) is 2.49. The second-order valence-corrected chi connectivity index (χ2v) is 7.23. The molecule has 0 aromatic carbocycles. The number of aliphatic hydroxyl groups excluding tert-OH is 2. The van der Waals surface area contributed by atoms with Gasteiger partial charge in [-0.2, -0.15) is 0 Å². The molecule has 0 fully saturated rings. The highest BCUT2D eigenvalue weighted by Crippen LogP contribution is 2.38. The van der Waals surface area contributed by atoms with Crippen molar-refractivity contribution in [1.29, 1.82) is 0 Å². The highest BCUT2D eigenvalue weighted by Gasteiger charge is 2.49. The van der Waals surface area contributed by atoms with Crippen LogP contribution in [0.3, 0.4) is 0 Å². The van der Waals surface area contributed by atoms with Crippen LogP contribution in [0.4, 0.5) is 0 Å². The van der Waals surface area contributed by atoms with Crippen LogP contribution in [0.15, 0.2) is 46.0 Å². The van der Waals surface area contributed by atoms with Crippen molar-refractivity contribution in [1.82, 2.24) is 0 Å². The van der Waals surface area contributed by atoms with E-state index in [1.807, 2.05) is 13.8 Å². The summed E-state index contributed by atoms with van der Waals surface area (Å²) in [6.45, 7) is 10.5. The van der Waals surface area contributed by atoms with Gasteiger partial charge in [-0.3, -0.25) is 9.59 Å². The molecule has 0 saturated carbocycles. The van der Waals surface area contributed by atoms with E-state index < -0.39 is 34.6 Å². The summed E-state index contributed by atoms with van der Waals surface area (Å²) in [5, 5.41) is 31.9. The van der Waals surface area contributed by atoms with Gasteiger partial charge in [-0.1, -0.05) is 37.1 Å². The Morgan fingerprint density at radius 1 is 1.08 bits per heavy atom. The van der Waals surface area contributed by atoms with Crippen molar-refractivity contribution in [2.45, 2.75) is 60.0 Å². The van der Waals surface area contributed by atoms with Crippen molar-refractivity contribution in [3.8, 4) is 0 Å². The molecule has 0 aliphatic heterocycles. The van der Waals surface area contributed by atoms with Crippen molar-refractivity contribution in [2.75, 3.05) is 0 Å². The van der Waals surface area contributed by atoms with Crippen molar-refractivity contribution >= 4 is 11.6 Å². The molecular formula is C20H28O5. The third-order valence-electron chi connectivity index (χ3n) is 4.09. The number of Topliss-reactive ketones (excluding diaryl/α,β-unsaturated/α-hetero) is 2. The minimum absolute atomic E-state index is 0.0624. The Balaban J connectivity index is 3.63. The van der Waals surface area contributed by atoms with E-state index >= 15 is 0 Å². The van der Waals surface area contributed by atoms with Crippen LogP contribution in [0.5, 0.6) is 0 Å². The van der Waals surface area contributed by atoms with Gasteiger partial charge < -0.3 is 15.3 Å². The zero-order valence-corrected chi connectivity index (χ0v) is 15.8. The summed E-state index contributed by atoms with van der Waals surface area (Å²) in [5.74, 6) is -3.12. The Bertz CT molecular complexity index is 696. The van der Waals surface area contributed by atoms with Crippen LogP contribution in [-0.4, -0.2) is 32.5 Å². The van der Waals surface area contributed by atoms with Gasteiger partial charge in [0, 0.05) is 17.9 Å². The molecule has 0 bridgehead atoms. The normalized spacial score (nSPS) is 20.9. The molecule has 3 N–H and O–H groups in total. The minimum atomic E-state index is -2.24. The first-order chi connectivity index (χ1) is 11.4. The molecule has 1 atom stereocenters. The van der Waals surface area contributed by atoms with Gasteiger partial charge in [-0.15, -0.1) is 0 Å². The predicted octanol–water partition coefficient (Wildman–Crippen LogP) is 3.86. The lowest BCUT2D eigenvalue weighted by molar-refractivity contribution is -0.133. The molecule has 25 heavy (non-hydrogen) atoms. The molecule has 138 valence electrons. The van der Waals surface area contributed by atoms with E-state index in [9.17, 15) is 24.9 Å². The van der Waals surface area contributed by atoms with Crippen LogP contribution in [0.1, 0.15) is 54.4 Å². The second kappa shape index (κ2) is 7.83. The maximum absolute atomic E-state index is 12.8. The molecule has 0 spiro atoms. The molecule has 5 nitrogen and oxygen atoms in total. The van der Waals surface area contributed by atoms with E-state index in [1.165, 1.54) is 0 Å². The average Bonchev–Trinajstić information content (AvgIpc) is 2.50. The fraction of sp³-hybridized carbons (Fsp3) is 0.500. The molecule has 0 heterocycles. The van der Waals surface area contributed by atoms with E-state index in [1.54, 1.807) is 39.8 Å². The monoisotopic (exact) mass is 348 g/mol. The number of hydrogen-bond acceptors (Lipinski definition) is 5. The van der Waals surface area contributed by atoms with Crippen molar-refractivity contribution in [3.05, 3.63) is 46.0 Å². The summed E-state index contributed by atoms with van der Waals surface area (Å²) in [5.41, 5.74) is -0.885. The number of carbonyl (C=O) groups excluding carboxylic acids is 2. The first kappa shape index (κ1) is 20.9. The highest BCUT2D eigenvalue weighted by molar-refractivity contribution is 6.12. The molecular weight excluding hydrogens is 320 g/mol. The fourth-order valence-electron chi connectivity index (χ4n) is 2.49. The van der Waals surface area contributed by atoms with Gasteiger partial charge in [0.05, 0.1) is 0 Å². The number of hydrogen-bond donors (Lipinski definition) is 3. The summed E-state index contributed by atoms with van der Waals surface area (Å²) < 4.78 is 0. The molecule has 1 rings (SSSR count). The second-order valence-electron chi connectivity index (χ2n) is 7.23. The maximum atomic E-state index is 12.8. The molecule has 0 amide bonds. The van der Waals surface area contributed by atoms with Crippen LogP contribution in [0.2, 0.25) is 0 Å². The smallest absolute Gasteiger partial charge is 0.202 e. The zero-order valence-electron chi connectivity index (χ0n) is 15.8. The lowest BCUT2D eigenvalue weighted by Crippen LogP contribution is -2.46. The van der Waals surface area contributed by atoms with Crippen LogP contribution >= 0.6 is 0 Å². The first-order valence-corrected chi connectivity index (χ1v) is 8.37. The van der Waals surface area contributed by atoms with Gasteiger partial charge in [-0.05, 0) is 34.1 Å².